The van der Waals surface area contributed by atoms with Gasteiger partial charge in [0.2, 0.25) is 5.91 Å². The zero-order valence-corrected chi connectivity index (χ0v) is 15.1. The minimum Gasteiger partial charge on any atom is -0.379 e. The van der Waals surface area contributed by atoms with E-state index in [1.807, 2.05) is 26.8 Å². The summed E-state index contributed by atoms with van der Waals surface area (Å²) in [6.45, 7) is 8.79. The fraction of sp³-hybridized carbons (Fsp3) is 0.733. The van der Waals surface area contributed by atoms with Gasteiger partial charge in [-0.25, -0.2) is 0 Å². The quantitative estimate of drug-likeness (QED) is 0.618. The molecule has 0 saturated carbocycles. The van der Waals surface area contributed by atoms with Gasteiger partial charge in [0.1, 0.15) is 0 Å². The summed E-state index contributed by atoms with van der Waals surface area (Å²) < 4.78 is 11.4. The minimum absolute atomic E-state index is 0.00436. The lowest BCUT2D eigenvalue weighted by molar-refractivity contribution is -0.125. The molecule has 126 valence electrons. The number of ether oxygens (including phenoxy) is 2. The van der Waals surface area contributed by atoms with Crippen LogP contribution in [-0.2, 0) is 19.1 Å². The molecule has 0 aromatic rings. The molecule has 22 heavy (non-hydrogen) atoms. The van der Waals surface area contributed by atoms with Crippen LogP contribution in [0.2, 0.25) is 0 Å². The normalized spacial score (nSPS) is 15.2. The van der Waals surface area contributed by atoms with Gasteiger partial charge in [-0.2, -0.15) is 0 Å². The van der Waals surface area contributed by atoms with Crippen LogP contribution in [0.3, 0.4) is 0 Å². The molecule has 0 aromatic heterocycles. The van der Waals surface area contributed by atoms with Gasteiger partial charge in [-0.1, -0.05) is 0 Å². The number of carbonyl (C=O) groups is 2. The largest absolute Gasteiger partial charge is 0.379 e. The maximum Gasteiger partial charge on any atom is 0.260 e. The molecule has 0 radical (unpaired) electrons. The number of nitrogens with one attached hydrogen (secondary N) is 1. The molecule has 0 fully saturated rings. The summed E-state index contributed by atoms with van der Waals surface area (Å²) in [5.74, 6) is -0.0104. The second kappa shape index (κ2) is 9.27. The molecule has 1 aliphatic heterocycles. The van der Waals surface area contributed by atoms with Gasteiger partial charge in [-0.05, 0) is 42.8 Å². The Labute approximate surface area is 140 Å². The van der Waals surface area contributed by atoms with Crippen LogP contribution in [0.1, 0.15) is 27.2 Å². The van der Waals surface area contributed by atoms with Crippen LogP contribution in [0.25, 0.3) is 0 Å². The molecule has 0 unspecified atom stereocenters. The number of hydrogen-bond donors (Lipinski definition) is 1. The first-order valence-electron chi connectivity index (χ1n) is 7.41. The highest BCUT2D eigenvalue weighted by Crippen LogP contribution is 2.15. The third kappa shape index (κ3) is 7.91. The Morgan fingerprint density at radius 1 is 1.27 bits per heavy atom. The Bertz CT molecular complexity index is 418. The van der Waals surface area contributed by atoms with E-state index >= 15 is 0 Å². The molecular weight excluding hydrogens is 352 g/mol. The maximum absolute atomic E-state index is 11.6. The van der Waals surface area contributed by atoms with Gasteiger partial charge >= 0.3 is 0 Å². The van der Waals surface area contributed by atoms with Crippen molar-refractivity contribution in [3.05, 3.63) is 10.6 Å². The van der Waals surface area contributed by atoms with E-state index in [0.717, 1.165) is 0 Å². The van der Waals surface area contributed by atoms with E-state index in [4.69, 9.17) is 9.47 Å². The van der Waals surface area contributed by atoms with Crippen molar-refractivity contribution in [2.75, 3.05) is 39.5 Å². The van der Waals surface area contributed by atoms with E-state index in [-0.39, 0.29) is 17.4 Å². The number of rotatable bonds is 9. The fourth-order valence-corrected chi connectivity index (χ4v) is 2.24. The highest BCUT2D eigenvalue weighted by atomic mass is 79.9. The number of carbonyl (C=O) groups excluding carboxylic acids is 2. The summed E-state index contributed by atoms with van der Waals surface area (Å²) in [5, 5.41) is 2.87. The number of halogens is 1. The molecular formula is C15H25BrN2O4. The van der Waals surface area contributed by atoms with Crippen molar-refractivity contribution in [3.63, 3.8) is 0 Å². The van der Waals surface area contributed by atoms with Crippen LogP contribution in [-0.4, -0.2) is 61.8 Å². The van der Waals surface area contributed by atoms with E-state index in [1.165, 1.54) is 0 Å². The van der Waals surface area contributed by atoms with Crippen molar-refractivity contribution >= 4 is 27.7 Å². The van der Waals surface area contributed by atoms with E-state index in [2.05, 4.69) is 21.2 Å². The van der Waals surface area contributed by atoms with Crippen molar-refractivity contribution in [2.24, 2.45) is 0 Å². The van der Waals surface area contributed by atoms with Crippen molar-refractivity contribution in [1.82, 2.24) is 10.2 Å². The molecule has 0 bridgehead atoms. The number of nitrogens with zero attached hydrogens (tertiary/aromatic N) is 1. The molecule has 1 N–H and O–H groups in total. The van der Waals surface area contributed by atoms with Crippen LogP contribution in [0.15, 0.2) is 10.6 Å². The first-order chi connectivity index (χ1) is 10.3. The van der Waals surface area contributed by atoms with Crippen molar-refractivity contribution in [2.45, 2.75) is 32.7 Å². The molecule has 0 spiro atoms. The highest BCUT2D eigenvalue weighted by Gasteiger charge is 2.20. The van der Waals surface area contributed by atoms with E-state index in [1.54, 1.807) is 4.90 Å². The molecule has 0 saturated heterocycles. The molecule has 2 amide bonds. The van der Waals surface area contributed by atoms with Gasteiger partial charge in [0.15, 0.2) is 0 Å². The summed E-state index contributed by atoms with van der Waals surface area (Å²) in [6.07, 6.45) is 2.19. The topological polar surface area (TPSA) is 67.9 Å². The second-order valence-electron chi connectivity index (χ2n) is 6.08. The van der Waals surface area contributed by atoms with Gasteiger partial charge < -0.3 is 19.7 Å². The smallest absolute Gasteiger partial charge is 0.260 e. The summed E-state index contributed by atoms with van der Waals surface area (Å²) in [6, 6.07) is 0. The van der Waals surface area contributed by atoms with Crippen molar-refractivity contribution < 1.29 is 19.1 Å². The molecule has 1 aliphatic rings. The summed E-state index contributed by atoms with van der Waals surface area (Å²) in [5.41, 5.74) is -0.211. The molecule has 0 aliphatic carbocycles. The van der Waals surface area contributed by atoms with E-state index in [9.17, 15) is 9.59 Å². The monoisotopic (exact) mass is 376 g/mol. The van der Waals surface area contributed by atoms with Crippen LogP contribution in [0.5, 0.6) is 0 Å². The lowest BCUT2D eigenvalue weighted by Gasteiger charge is -2.20. The molecule has 6 nitrogen and oxygen atoms in total. The van der Waals surface area contributed by atoms with E-state index in [0.29, 0.717) is 50.4 Å². The van der Waals surface area contributed by atoms with Gasteiger partial charge in [0.05, 0.1) is 30.9 Å². The minimum atomic E-state index is -0.211. The standard InChI is InChI=1S/C15H25BrN2O4/c1-15(2,3)17-13(19)5-8-21-10-11-22-9-7-18-6-4-12(16)14(18)20/h4H,5-11H2,1-3H3,(H,17,19). The molecule has 0 atom stereocenters. The molecule has 7 heteroatoms. The van der Waals surface area contributed by atoms with Gasteiger partial charge in [-0.15, -0.1) is 0 Å². The first-order valence-corrected chi connectivity index (χ1v) is 8.20. The third-order valence-corrected chi connectivity index (χ3v) is 3.51. The average Bonchev–Trinajstić information content (AvgIpc) is 2.71. The van der Waals surface area contributed by atoms with Crippen LogP contribution in [0, 0.1) is 0 Å². The second-order valence-corrected chi connectivity index (χ2v) is 6.93. The predicted octanol–water partition coefficient (Wildman–Crippen LogP) is 1.45. The lowest BCUT2D eigenvalue weighted by atomic mass is 10.1. The SMILES string of the molecule is CC(C)(C)NC(=O)CCOCCOCCN1CC=C(Br)C1=O. The molecule has 0 aromatic carbocycles. The first kappa shape index (κ1) is 19.1. The fourth-order valence-electron chi connectivity index (χ4n) is 1.85. The Morgan fingerprint density at radius 3 is 2.45 bits per heavy atom. The predicted molar refractivity (Wildman–Crippen MR) is 87.7 cm³/mol. The molecule has 1 heterocycles. The molecule has 1 rings (SSSR count). The third-order valence-electron chi connectivity index (χ3n) is 2.85. The van der Waals surface area contributed by atoms with Crippen molar-refractivity contribution in [3.8, 4) is 0 Å². The zero-order valence-electron chi connectivity index (χ0n) is 13.5. The Kier molecular flexibility index (Phi) is 8.06. The van der Waals surface area contributed by atoms with Crippen LogP contribution >= 0.6 is 15.9 Å². The Balaban J connectivity index is 1.92. The van der Waals surface area contributed by atoms with Gasteiger partial charge in [0.25, 0.3) is 5.91 Å². The average molecular weight is 377 g/mol. The number of hydrogen-bond acceptors (Lipinski definition) is 4. The van der Waals surface area contributed by atoms with Crippen LogP contribution in [0.4, 0.5) is 0 Å². The van der Waals surface area contributed by atoms with Crippen LogP contribution < -0.4 is 5.32 Å². The van der Waals surface area contributed by atoms with Gasteiger partial charge in [-0.3, -0.25) is 9.59 Å². The summed E-state index contributed by atoms with van der Waals surface area (Å²) in [7, 11) is 0. The van der Waals surface area contributed by atoms with E-state index < -0.39 is 0 Å². The highest BCUT2D eigenvalue weighted by molar-refractivity contribution is 9.12. The summed E-state index contributed by atoms with van der Waals surface area (Å²) >= 11 is 3.20. The zero-order chi connectivity index (χ0) is 16.6. The van der Waals surface area contributed by atoms with Crippen molar-refractivity contribution in [1.29, 1.82) is 0 Å². The van der Waals surface area contributed by atoms with Gasteiger partial charge in [0, 0.05) is 25.0 Å². The lowest BCUT2D eigenvalue weighted by Crippen LogP contribution is -2.40. The summed E-state index contributed by atoms with van der Waals surface area (Å²) in [4.78, 5) is 24.8. The maximum atomic E-state index is 11.6. The number of amides is 2. The Hall–Kier alpha value is -0.920. The Morgan fingerprint density at radius 2 is 1.91 bits per heavy atom.